The van der Waals surface area contributed by atoms with Gasteiger partial charge in [0.05, 0.1) is 0 Å². The van der Waals surface area contributed by atoms with Crippen molar-refractivity contribution < 1.29 is 4.79 Å². The molecule has 1 unspecified atom stereocenters. The molecule has 0 heterocycles. The molecule has 4 nitrogen and oxygen atoms in total. The molecule has 1 atom stereocenters. The second-order valence-corrected chi connectivity index (χ2v) is 4.80. The lowest BCUT2D eigenvalue weighted by Crippen LogP contribution is -2.36. The van der Waals surface area contributed by atoms with Gasteiger partial charge in [0.25, 0.3) is 0 Å². The maximum absolute atomic E-state index is 11.7. The van der Waals surface area contributed by atoms with Crippen LogP contribution in [0.3, 0.4) is 0 Å². The standard InChI is InChI=1S/C13H19N3O/c1-9(7-10-5-6-10)15-13(17)16-12-4-2-3-11(14)8-12/h2-4,8-10H,5-7,14H2,1H3,(H2,15,16,17). The first-order valence-corrected chi connectivity index (χ1v) is 6.06. The molecule has 0 radical (unpaired) electrons. The van der Waals surface area contributed by atoms with Crippen LogP contribution in [0.5, 0.6) is 0 Å². The van der Waals surface area contributed by atoms with E-state index >= 15 is 0 Å². The number of anilines is 2. The van der Waals surface area contributed by atoms with Crippen LogP contribution in [-0.2, 0) is 0 Å². The van der Waals surface area contributed by atoms with Gasteiger partial charge >= 0.3 is 6.03 Å². The fourth-order valence-corrected chi connectivity index (χ4v) is 1.92. The van der Waals surface area contributed by atoms with E-state index in [-0.39, 0.29) is 12.1 Å². The molecule has 4 heteroatoms. The van der Waals surface area contributed by atoms with E-state index in [2.05, 4.69) is 10.6 Å². The lowest BCUT2D eigenvalue weighted by atomic mass is 10.2. The minimum atomic E-state index is -0.163. The van der Waals surface area contributed by atoms with E-state index in [4.69, 9.17) is 5.73 Å². The highest BCUT2D eigenvalue weighted by Gasteiger charge is 2.24. The average molecular weight is 233 g/mol. The Bertz CT molecular complexity index is 401. The lowest BCUT2D eigenvalue weighted by molar-refractivity contribution is 0.248. The first-order valence-electron chi connectivity index (χ1n) is 6.06. The van der Waals surface area contributed by atoms with Gasteiger partial charge in [-0.3, -0.25) is 0 Å². The van der Waals surface area contributed by atoms with Crippen LogP contribution in [0.2, 0.25) is 0 Å². The van der Waals surface area contributed by atoms with E-state index in [1.54, 1.807) is 12.1 Å². The molecule has 1 fully saturated rings. The monoisotopic (exact) mass is 233 g/mol. The molecule has 0 spiro atoms. The largest absolute Gasteiger partial charge is 0.399 e. The van der Waals surface area contributed by atoms with Crippen LogP contribution in [0, 0.1) is 5.92 Å². The van der Waals surface area contributed by atoms with E-state index in [9.17, 15) is 4.79 Å². The number of nitrogens with two attached hydrogens (primary N) is 1. The van der Waals surface area contributed by atoms with E-state index in [1.807, 2.05) is 19.1 Å². The third-order valence-corrected chi connectivity index (χ3v) is 2.91. The molecule has 2 amide bonds. The maximum Gasteiger partial charge on any atom is 0.319 e. The summed E-state index contributed by atoms with van der Waals surface area (Å²) in [5.41, 5.74) is 7.01. The Morgan fingerprint density at radius 1 is 1.53 bits per heavy atom. The number of urea groups is 1. The van der Waals surface area contributed by atoms with E-state index in [1.165, 1.54) is 12.8 Å². The van der Waals surface area contributed by atoms with E-state index in [0.29, 0.717) is 5.69 Å². The summed E-state index contributed by atoms with van der Waals surface area (Å²) < 4.78 is 0. The molecular formula is C13H19N3O. The van der Waals surface area contributed by atoms with Crippen molar-refractivity contribution in [3.05, 3.63) is 24.3 Å². The fraction of sp³-hybridized carbons (Fsp3) is 0.462. The number of nitrogens with one attached hydrogen (secondary N) is 2. The SMILES string of the molecule is CC(CC1CC1)NC(=O)Nc1cccc(N)c1. The van der Waals surface area contributed by atoms with Gasteiger partial charge < -0.3 is 16.4 Å². The van der Waals surface area contributed by atoms with E-state index in [0.717, 1.165) is 18.0 Å². The lowest BCUT2D eigenvalue weighted by Gasteiger charge is -2.14. The third-order valence-electron chi connectivity index (χ3n) is 2.91. The van der Waals surface area contributed by atoms with Crippen molar-refractivity contribution in [3.8, 4) is 0 Å². The summed E-state index contributed by atoms with van der Waals surface area (Å²) in [5.74, 6) is 0.817. The van der Waals surface area contributed by atoms with E-state index < -0.39 is 0 Å². The van der Waals surface area contributed by atoms with Crippen LogP contribution in [0.1, 0.15) is 26.2 Å². The Morgan fingerprint density at radius 2 is 2.29 bits per heavy atom. The Kier molecular flexibility index (Phi) is 3.52. The Labute approximate surface area is 102 Å². The highest BCUT2D eigenvalue weighted by molar-refractivity contribution is 5.89. The number of carbonyl (C=O) groups is 1. The van der Waals surface area contributed by atoms with Gasteiger partial charge in [-0.15, -0.1) is 0 Å². The summed E-state index contributed by atoms with van der Waals surface area (Å²) in [5, 5.41) is 5.71. The molecule has 1 aromatic carbocycles. The highest BCUT2D eigenvalue weighted by atomic mass is 16.2. The van der Waals surface area contributed by atoms with Crippen LogP contribution < -0.4 is 16.4 Å². The summed E-state index contributed by atoms with van der Waals surface area (Å²) in [7, 11) is 0. The number of benzene rings is 1. The number of hydrogen-bond acceptors (Lipinski definition) is 2. The summed E-state index contributed by atoms with van der Waals surface area (Å²) in [6, 6.07) is 7.23. The zero-order valence-electron chi connectivity index (χ0n) is 10.1. The van der Waals surface area contributed by atoms with Crippen LogP contribution >= 0.6 is 0 Å². The quantitative estimate of drug-likeness (QED) is 0.700. The van der Waals surface area contributed by atoms with Crippen LogP contribution in [-0.4, -0.2) is 12.1 Å². The van der Waals surface area contributed by atoms with Gasteiger partial charge in [-0.25, -0.2) is 4.79 Å². The zero-order valence-corrected chi connectivity index (χ0v) is 10.1. The number of amides is 2. The molecule has 1 saturated carbocycles. The normalized spacial score (nSPS) is 16.3. The molecule has 0 bridgehead atoms. The minimum absolute atomic E-state index is 0.163. The second-order valence-electron chi connectivity index (χ2n) is 4.80. The number of hydrogen-bond donors (Lipinski definition) is 3. The van der Waals surface area contributed by atoms with Gasteiger partial charge in [-0.1, -0.05) is 18.9 Å². The molecule has 17 heavy (non-hydrogen) atoms. The Hall–Kier alpha value is -1.71. The number of carbonyl (C=O) groups excluding carboxylic acids is 1. The van der Waals surface area contributed by atoms with Crippen molar-refractivity contribution in [2.45, 2.75) is 32.2 Å². The van der Waals surface area contributed by atoms with Crippen molar-refractivity contribution in [2.75, 3.05) is 11.1 Å². The first-order chi connectivity index (χ1) is 8.13. The molecule has 0 saturated heterocycles. The second kappa shape index (κ2) is 5.08. The number of nitrogen functional groups attached to an aromatic ring is 1. The van der Waals surface area contributed by atoms with Crippen LogP contribution in [0.25, 0.3) is 0 Å². The molecule has 0 aliphatic heterocycles. The smallest absolute Gasteiger partial charge is 0.319 e. The molecule has 2 rings (SSSR count). The van der Waals surface area contributed by atoms with Crippen molar-refractivity contribution in [3.63, 3.8) is 0 Å². The number of rotatable bonds is 4. The summed E-state index contributed by atoms with van der Waals surface area (Å²) in [6.07, 6.45) is 3.69. The predicted octanol–water partition coefficient (Wildman–Crippen LogP) is 2.58. The fourth-order valence-electron chi connectivity index (χ4n) is 1.92. The van der Waals surface area contributed by atoms with Gasteiger partial charge in [-0.05, 0) is 37.5 Å². The summed E-state index contributed by atoms with van der Waals surface area (Å²) >= 11 is 0. The Morgan fingerprint density at radius 3 is 2.94 bits per heavy atom. The zero-order chi connectivity index (χ0) is 12.3. The van der Waals surface area contributed by atoms with Gasteiger partial charge in [0.15, 0.2) is 0 Å². The molecule has 0 aromatic heterocycles. The molecule has 4 N–H and O–H groups in total. The van der Waals surface area contributed by atoms with Gasteiger partial charge in [-0.2, -0.15) is 0 Å². The molecule has 1 aromatic rings. The first kappa shape index (κ1) is 11.8. The van der Waals surface area contributed by atoms with Crippen LogP contribution in [0.15, 0.2) is 24.3 Å². The predicted molar refractivity (Wildman–Crippen MR) is 69.8 cm³/mol. The average Bonchev–Trinajstić information content (AvgIpc) is 3.00. The van der Waals surface area contributed by atoms with Gasteiger partial charge in [0.2, 0.25) is 0 Å². The van der Waals surface area contributed by atoms with Crippen molar-refractivity contribution in [1.82, 2.24) is 5.32 Å². The van der Waals surface area contributed by atoms with Crippen LogP contribution in [0.4, 0.5) is 16.2 Å². The molecule has 1 aliphatic rings. The van der Waals surface area contributed by atoms with Crippen molar-refractivity contribution in [2.24, 2.45) is 5.92 Å². The summed E-state index contributed by atoms with van der Waals surface area (Å²) in [4.78, 5) is 11.7. The molecule has 92 valence electrons. The minimum Gasteiger partial charge on any atom is -0.399 e. The molecule has 1 aliphatic carbocycles. The van der Waals surface area contributed by atoms with Gasteiger partial charge in [0, 0.05) is 17.4 Å². The maximum atomic E-state index is 11.7. The van der Waals surface area contributed by atoms with Crippen molar-refractivity contribution in [1.29, 1.82) is 0 Å². The highest BCUT2D eigenvalue weighted by Crippen LogP contribution is 2.33. The topological polar surface area (TPSA) is 67.2 Å². The van der Waals surface area contributed by atoms with Crippen molar-refractivity contribution >= 4 is 17.4 Å². The Balaban J connectivity index is 1.79. The van der Waals surface area contributed by atoms with Gasteiger partial charge in [0.1, 0.15) is 0 Å². The molecular weight excluding hydrogens is 214 g/mol. The summed E-state index contributed by atoms with van der Waals surface area (Å²) in [6.45, 7) is 2.04. The third kappa shape index (κ3) is 3.98.